The van der Waals surface area contributed by atoms with Gasteiger partial charge in [-0.3, -0.25) is 0 Å². The van der Waals surface area contributed by atoms with Crippen molar-refractivity contribution in [2.45, 2.75) is 0 Å². The standard InChI is InChI=1S/C10H7NO2S/c1-13-10-8(5-11)14-7-4-2-3-6(12)9(7)10/h2-4,12H,1H3. The van der Waals surface area contributed by atoms with Crippen LogP contribution in [0.2, 0.25) is 0 Å². The Morgan fingerprint density at radius 2 is 2.29 bits per heavy atom. The van der Waals surface area contributed by atoms with Gasteiger partial charge in [0.2, 0.25) is 0 Å². The molecule has 0 saturated heterocycles. The highest BCUT2D eigenvalue weighted by Gasteiger charge is 2.14. The smallest absolute Gasteiger partial charge is 0.159 e. The van der Waals surface area contributed by atoms with Gasteiger partial charge in [-0.15, -0.1) is 11.3 Å². The van der Waals surface area contributed by atoms with E-state index in [1.165, 1.54) is 18.4 Å². The van der Waals surface area contributed by atoms with E-state index in [0.717, 1.165) is 4.70 Å². The fraction of sp³-hybridized carbons (Fsp3) is 0.100. The number of hydrogen-bond donors (Lipinski definition) is 1. The van der Waals surface area contributed by atoms with E-state index in [1.54, 1.807) is 12.1 Å². The predicted molar refractivity (Wildman–Crippen MR) is 54.8 cm³/mol. The zero-order valence-electron chi connectivity index (χ0n) is 7.44. The molecule has 0 spiro atoms. The van der Waals surface area contributed by atoms with E-state index < -0.39 is 0 Å². The normalized spacial score (nSPS) is 10.0. The maximum Gasteiger partial charge on any atom is 0.159 e. The molecule has 0 bridgehead atoms. The van der Waals surface area contributed by atoms with Crippen molar-refractivity contribution in [2.24, 2.45) is 0 Å². The number of ether oxygens (including phenoxy) is 1. The maximum atomic E-state index is 9.61. The van der Waals surface area contributed by atoms with Crippen molar-refractivity contribution in [1.29, 1.82) is 5.26 Å². The largest absolute Gasteiger partial charge is 0.507 e. The average Bonchev–Trinajstić information content (AvgIpc) is 2.56. The highest BCUT2D eigenvalue weighted by atomic mass is 32.1. The third-order valence-electron chi connectivity index (χ3n) is 1.96. The average molecular weight is 205 g/mol. The quantitative estimate of drug-likeness (QED) is 0.778. The van der Waals surface area contributed by atoms with Crippen LogP contribution in [0.25, 0.3) is 10.1 Å². The van der Waals surface area contributed by atoms with Gasteiger partial charge in [0.15, 0.2) is 5.75 Å². The Balaban J connectivity index is 2.90. The number of methoxy groups -OCH3 is 1. The Morgan fingerprint density at radius 1 is 1.50 bits per heavy atom. The van der Waals surface area contributed by atoms with Crippen LogP contribution in [0.5, 0.6) is 11.5 Å². The minimum atomic E-state index is 0.150. The molecule has 1 aromatic carbocycles. The van der Waals surface area contributed by atoms with Crippen LogP contribution in [-0.4, -0.2) is 12.2 Å². The molecule has 2 aromatic rings. The summed E-state index contributed by atoms with van der Waals surface area (Å²) in [5.41, 5.74) is 0. The van der Waals surface area contributed by atoms with E-state index in [9.17, 15) is 5.11 Å². The van der Waals surface area contributed by atoms with Crippen LogP contribution in [0.15, 0.2) is 18.2 Å². The molecule has 2 rings (SSSR count). The summed E-state index contributed by atoms with van der Waals surface area (Å²) < 4.78 is 5.96. The summed E-state index contributed by atoms with van der Waals surface area (Å²) in [6, 6.07) is 7.22. The second-order valence-electron chi connectivity index (χ2n) is 2.73. The van der Waals surface area contributed by atoms with E-state index in [1.807, 2.05) is 12.1 Å². The summed E-state index contributed by atoms with van der Waals surface area (Å²) in [6.07, 6.45) is 0. The van der Waals surface area contributed by atoms with Crippen molar-refractivity contribution < 1.29 is 9.84 Å². The number of rotatable bonds is 1. The molecule has 0 saturated carbocycles. The summed E-state index contributed by atoms with van der Waals surface area (Å²) >= 11 is 1.32. The Hall–Kier alpha value is -1.73. The number of fused-ring (bicyclic) bond motifs is 1. The van der Waals surface area contributed by atoms with Crippen LogP contribution < -0.4 is 4.74 Å². The molecular formula is C10H7NO2S. The predicted octanol–water partition coefficient (Wildman–Crippen LogP) is 2.49. The highest BCUT2D eigenvalue weighted by molar-refractivity contribution is 7.20. The van der Waals surface area contributed by atoms with Crippen LogP contribution in [0.1, 0.15) is 4.88 Å². The van der Waals surface area contributed by atoms with Gasteiger partial charge in [-0.25, -0.2) is 0 Å². The molecule has 0 fully saturated rings. The van der Waals surface area contributed by atoms with Crippen molar-refractivity contribution in [3.63, 3.8) is 0 Å². The van der Waals surface area contributed by atoms with Gasteiger partial charge in [-0.2, -0.15) is 5.26 Å². The number of thiophene rings is 1. The van der Waals surface area contributed by atoms with Crippen LogP contribution in [0.3, 0.4) is 0 Å². The Morgan fingerprint density at radius 3 is 2.93 bits per heavy atom. The second-order valence-corrected chi connectivity index (χ2v) is 3.78. The van der Waals surface area contributed by atoms with Crippen molar-refractivity contribution in [3.05, 3.63) is 23.1 Å². The third-order valence-corrected chi connectivity index (χ3v) is 3.00. The lowest BCUT2D eigenvalue weighted by molar-refractivity contribution is 0.416. The van der Waals surface area contributed by atoms with Gasteiger partial charge in [-0.1, -0.05) is 6.07 Å². The van der Waals surface area contributed by atoms with Crippen LogP contribution in [0.4, 0.5) is 0 Å². The van der Waals surface area contributed by atoms with Crippen LogP contribution in [0, 0.1) is 11.3 Å². The molecule has 1 N–H and O–H groups in total. The fourth-order valence-electron chi connectivity index (χ4n) is 1.37. The molecule has 1 heterocycles. The molecule has 14 heavy (non-hydrogen) atoms. The lowest BCUT2D eigenvalue weighted by Gasteiger charge is -1.99. The lowest BCUT2D eigenvalue weighted by atomic mass is 10.2. The molecule has 70 valence electrons. The molecule has 0 radical (unpaired) electrons. The first kappa shape index (κ1) is 8.85. The fourth-order valence-corrected chi connectivity index (χ4v) is 2.36. The van der Waals surface area contributed by atoms with Crippen molar-refractivity contribution >= 4 is 21.4 Å². The number of phenolic OH excluding ortho intramolecular Hbond substituents is 1. The molecule has 0 amide bonds. The van der Waals surface area contributed by atoms with Crippen molar-refractivity contribution in [2.75, 3.05) is 7.11 Å². The van der Waals surface area contributed by atoms with E-state index in [2.05, 4.69) is 0 Å². The first-order valence-electron chi connectivity index (χ1n) is 3.96. The van der Waals surface area contributed by atoms with Gasteiger partial charge >= 0.3 is 0 Å². The monoisotopic (exact) mass is 205 g/mol. The molecule has 0 aliphatic heterocycles. The SMILES string of the molecule is COc1c(C#N)sc2cccc(O)c12. The Bertz CT molecular complexity index is 525. The van der Waals surface area contributed by atoms with E-state index in [-0.39, 0.29) is 5.75 Å². The first-order chi connectivity index (χ1) is 6.77. The van der Waals surface area contributed by atoms with Gasteiger partial charge in [0.1, 0.15) is 16.7 Å². The highest BCUT2D eigenvalue weighted by Crippen LogP contribution is 2.41. The van der Waals surface area contributed by atoms with Gasteiger partial charge in [0.25, 0.3) is 0 Å². The zero-order chi connectivity index (χ0) is 10.1. The molecule has 0 unspecified atom stereocenters. The number of nitriles is 1. The maximum absolute atomic E-state index is 9.61. The molecule has 0 aliphatic carbocycles. The molecule has 4 heteroatoms. The lowest BCUT2D eigenvalue weighted by Crippen LogP contribution is -1.82. The Labute approximate surface area is 84.8 Å². The molecular weight excluding hydrogens is 198 g/mol. The topological polar surface area (TPSA) is 53.2 Å². The summed E-state index contributed by atoms with van der Waals surface area (Å²) in [4.78, 5) is 0.490. The number of benzene rings is 1. The molecule has 1 aromatic heterocycles. The van der Waals surface area contributed by atoms with Gasteiger partial charge in [0.05, 0.1) is 12.5 Å². The zero-order valence-corrected chi connectivity index (χ0v) is 8.26. The number of hydrogen-bond acceptors (Lipinski definition) is 4. The Kier molecular flexibility index (Phi) is 2.02. The van der Waals surface area contributed by atoms with Crippen LogP contribution in [-0.2, 0) is 0 Å². The number of nitrogens with zero attached hydrogens (tertiary/aromatic N) is 1. The summed E-state index contributed by atoms with van der Waals surface area (Å²) in [6.45, 7) is 0. The molecule has 0 atom stereocenters. The third kappa shape index (κ3) is 1.10. The van der Waals surface area contributed by atoms with Crippen molar-refractivity contribution in [3.8, 4) is 17.6 Å². The second kappa shape index (κ2) is 3.20. The number of phenols is 1. The first-order valence-corrected chi connectivity index (χ1v) is 4.78. The van der Waals surface area contributed by atoms with Gasteiger partial charge in [-0.05, 0) is 12.1 Å². The minimum Gasteiger partial charge on any atom is -0.507 e. The van der Waals surface area contributed by atoms with Crippen molar-refractivity contribution in [1.82, 2.24) is 0 Å². The number of aromatic hydroxyl groups is 1. The van der Waals surface area contributed by atoms with E-state index in [4.69, 9.17) is 10.00 Å². The van der Waals surface area contributed by atoms with Crippen LogP contribution >= 0.6 is 11.3 Å². The van der Waals surface area contributed by atoms with E-state index >= 15 is 0 Å². The van der Waals surface area contributed by atoms with Gasteiger partial charge in [0, 0.05) is 4.70 Å². The van der Waals surface area contributed by atoms with E-state index in [0.29, 0.717) is 16.0 Å². The summed E-state index contributed by atoms with van der Waals surface area (Å²) in [7, 11) is 1.49. The molecule has 0 aliphatic rings. The molecule has 3 nitrogen and oxygen atoms in total. The van der Waals surface area contributed by atoms with Gasteiger partial charge < -0.3 is 9.84 Å². The minimum absolute atomic E-state index is 0.150. The summed E-state index contributed by atoms with van der Waals surface area (Å²) in [5.74, 6) is 0.614. The summed E-state index contributed by atoms with van der Waals surface area (Å²) in [5, 5.41) is 19.1.